The summed E-state index contributed by atoms with van der Waals surface area (Å²) in [6.07, 6.45) is 1.75. The van der Waals surface area contributed by atoms with Gasteiger partial charge in [-0.25, -0.2) is 4.68 Å². The first kappa shape index (κ1) is 12.7. The molecule has 0 aliphatic rings. The van der Waals surface area contributed by atoms with Gasteiger partial charge in [0.25, 0.3) is 0 Å². The van der Waals surface area contributed by atoms with Crippen molar-refractivity contribution in [2.75, 3.05) is 12.8 Å². The number of nitrogens with two attached hydrogens (primary N) is 1. The summed E-state index contributed by atoms with van der Waals surface area (Å²) in [6.45, 7) is 0.595. The lowest BCUT2D eigenvalue weighted by Crippen LogP contribution is -2.07. The SMILES string of the molecule is COc1ccc(Br)cc1Cn1ncc(I)c1N. The van der Waals surface area contributed by atoms with Crippen molar-refractivity contribution in [3.63, 3.8) is 0 Å². The highest BCUT2D eigenvalue weighted by Gasteiger charge is 2.09. The predicted octanol–water partition coefficient (Wildman–Crippen LogP) is 2.89. The van der Waals surface area contributed by atoms with Crippen molar-refractivity contribution in [3.05, 3.63) is 38.0 Å². The summed E-state index contributed by atoms with van der Waals surface area (Å²) in [6, 6.07) is 5.87. The molecule has 4 nitrogen and oxygen atoms in total. The fourth-order valence-corrected chi connectivity index (χ4v) is 2.34. The third-order valence-corrected chi connectivity index (χ3v) is 3.72. The molecule has 2 rings (SSSR count). The highest BCUT2D eigenvalue weighted by atomic mass is 127. The van der Waals surface area contributed by atoms with Crippen LogP contribution in [0.1, 0.15) is 5.56 Å². The van der Waals surface area contributed by atoms with Crippen LogP contribution in [-0.4, -0.2) is 16.9 Å². The standard InChI is InChI=1S/C11H11BrIN3O/c1-17-10-3-2-8(12)4-7(10)6-16-11(14)9(13)5-15-16/h2-5H,6,14H2,1H3. The number of nitrogen functional groups attached to an aromatic ring is 1. The average Bonchev–Trinajstić information content (AvgIpc) is 2.61. The Morgan fingerprint density at radius 3 is 2.88 bits per heavy atom. The zero-order chi connectivity index (χ0) is 12.4. The van der Waals surface area contributed by atoms with Crippen LogP contribution in [0.5, 0.6) is 5.75 Å². The maximum Gasteiger partial charge on any atom is 0.135 e. The molecule has 0 unspecified atom stereocenters. The first-order chi connectivity index (χ1) is 8.11. The number of hydrogen-bond donors (Lipinski definition) is 1. The summed E-state index contributed by atoms with van der Waals surface area (Å²) < 4.78 is 9.03. The molecule has 0 aliphatic heterocycles. The first-order valence-electron chi connectivity index (χ1n) is 4.91. The highest BCUT2D eigenvalue weighted by molar-refractivity contribution is 14.1. The van der Waals surface area contributed by atoms with E-state index in [0.29, 0.717) is 12.4 Å². The molecule has 2 aromatic rings. The number of anilines is 1. The van der Waals surface area contributed by atoms with Gasteiger partial charge in [-0.1, -0.05) is 15.9 Å². The summed E-state index contributed by atoms with van der Waals surface area (Å²) >= 11 is 5.61. The molecule has 0 bridgehead atoms. The highest BCUT2D eigenvalue weighted by Crippen LogP contribution is 2.25. The van der Waals surface area contributed by atoms with E-state index >= 15 is 0 Å². The van der Waals surface area contributed by atoms with E-state index in [-0.39, 0.29) is 0 Å². The molecular weight excluding hydrogens is 397 g/mol. The van der Waals surface area contributed by atoms with Gasteiger partial charge < -0.3 is 10.5 Å². The average molecular weight is 408 g/mol. The van der Waals surface area contributed by atoms with Crippen molar-refractivity contribution in [3.8, 4) is 5.75 Å². The van der Waals surface area contributed by atoms with Crippen molar-refractivity contribution < 1.29 is 4.74 Å². The maximum absolute atomic E-state index is 5.92. The second-order valence-corrected chi connectivity index (χ2v) is 5.57. The van der Waals surface area contributed by atoms with E-state index in [1.165, 1.54) is 0 Å². The molecule has 17 heavy (non-hydrogen) atoms. The minimum atomic E-state index is 0.595. The number of hydrogen-bond acceptors (Lipinski definition) is 3. The van der Waals surface area contributed by atoms with Crippen molar-refractivity contribution in [2.24, 2.45) is 0 Å². The fourth-order valence-electron chi connectivity index (χ4n) is 1.53. The lowest BCUT2D eigenvalue weighted by Gasteiger charge is -2.10. The van der Waals surface area contributed by atoms with E-state index in [1.807, 2.05) is 18.2 Å². The van der Waals surface area contributed by atoms with Gasteiger partial charge in [0.05, 0.1) is 23.4 Å². The number of methoxy groups -OCH3 is 1. The fraction of sp³-hybridized carbons (Fsp3) is 0.182. The van der Waals surface area contributed by atoms with E-state index in [0.717, 1.165) is 19.4 Å². The summed E-state index contributed by atoms with van der Waals surface area (Å²) in [5, 5.41) is 4.23. The second kappa shape index (κ2) is 5.26. The van der Waals surface area contributed by atoms with Gasteiger partial charge in [0.1, 0.15) is 11.6 Å². The molecule has 0 amide bonds. The monoisotopic (exact) mass is 407 g/mol. The van der Waals surface area contributed by atoms with Crippen LogP contribution in [0.4, 0.5) is 5.82 Å². The van der Waals surface area contributed by atoms with E-state index in [9.17, 15) is 0 Å². The molecule has 2 N–H and O–H groups in total. The normalized spacial score (nSPS) is 10.5. The maximum atomic E-state index is 5.92. The number of rotatable bonds is 3. The van der Waals surface area contributed by atoms with Crippen LogP contribution in [0.25, 0.3) is 0 Å². The quantitative estimate of drug-likeness (QED) is 0.796. The van der Waals surface area contributed by atoms with Crippen LogP contribution in [-0.2, 0) is 6.54 Å². The third-order valence-electron chi connectivity index (χ3n) is 2.40. The summed E-state index contributed by atoms with van der Waals surface area (Å²) in [5.74, 6) is 1.51. The van der Waals surface area contributed by atoms with E-state index in [1.54, 1.807) is 18.0 Å². The topological polar surface area (TPSA) is 53.1 Å². The van der Waals surface area contributed by atoms with E-state index in [4.69, 9.17) is 10.5 Å². The first-order valence-corrected chi connectivity index (χ1v) is 6.78. The van der Waals surface area contributed by atoms with Gasteiger partial charge in [0, 0.05) is 10.0 Å². The second-order valence-electron chi connectivity index (χ2n) is 3.49. The molecule has 6 heteroatoms. The lowest BCUT2D eigenvalue weighted by molar-refractivity contribution is 0.407. The Morgan fingerprint density at radius 1 is 1.53 bits per heavy atom. The summed E-state index contributed by atoms with van der Waals surface area (Å²) in [4.78, 5) is 0. The largest absolute Gasteiger partial charge is 0.496 e. The molecule has 0 saturated carbocycles. The van der Waals surface area contributed by atoms with Crippen molar-refractivity contribution in [1.29, 1.82) is 0 Å². The van der Waals surface area contributed by atoms with Crippen LogP contribution in [0.2, 0.25) is 0 Å². The van der Waals surface area contributed by atoms with Gasteiger partial charge in [0.15, 0.2) is 0 Å². The van der Waals surface area contributed by atoms with Gasteiger partial charge >= 0.3 is 0 Å². The smallest absolute Gasteiger partial charge is 0.135 e. The van der Waals surface area contributed by atoms with Crippen LogP contribution < -0.4 is 10.5 Å². The van der Waals surface area contributed by atoms with Crippen molar-refractivity contribution in [2.45, 2.75) is 6.54 Å². The number of nitrogens with zero attached hydrogens (tertiary/aromatic N) is 2. The lowest BCUT2D eigenvalue weighted by atomic mass is 10.2. The summed E-state index contributed by atoms with van der Waals surface area (Å²) in [5.41, 5.74) is 6.96. The molecule has 90 valence electrons. The molecular formula is C11H11BrIN3O. The van der Waals surface area contributed by atoms with E-state index in [2.05, 4.69) is 43.6 Å². The molecule has 0 saturated heterocycles. The predicted molar refractivity (Wildman–Crippen MR) is 79.2 cm³/mol. The van der Waals surface area contributed by atoms with Gasteiger partial charge in [-0.3, -0.25) is 0 Å². The molecule has 0 atom stereocenters. The zero-order valence-corrected chi connectivity index (χ0v) is 12.9. The Hall–Kier alpha value is -0.760. The Labute approximate surface area is 121 Å². The van der Waals surface area contributed by atoms with Gasteiger partial charge in [-0.15, -0.1) is 0 Å². The molecule has 0 fully saturated rings. The molecule has 0 spiro atoms. The Bertz CT molecular complexity index is 542. The van der Waals surface area contributed by atoms with Gasteiger partial charge in [-0.2, -0.15) is 5.10 Å². The number of benzene rings is 1. The van der Waals surface area contributed by atoms with Gasteiger partial charge in [-0.05, 0) is 40.8 Å². The minimum absolute atomic E-state index is 0.595. The zero-order valence-electron chi connectivity index (χ0n) is 9.15. The van der Waals surface area contributed by atoms with Crippen molar-refractivity contribution in [1.82, 2.24) is 9.78 Å². The third kappa shape index (κ3) is 2.74. The number of aromatic nitrogens is 2. The molecule has 1 heterocycles. The number of ether oxygens (including phenoxy) is 1. The van der Waals surface area contributed by atoms with Gasteiger partial charge in [0.2, 0.25) is 0 Å². The molecule has 0 aliphatic carbocycles. The summed E-state index contributed by atoms with van der Waals surface area (Å²) in [7, 11) is 1.66. The molecule has 1 aromatic carbocycles. The minimum Gasteiger partial charge on any atom is -0.496 e. The molecule has 1 aromatic heterocycles. The Kier molecular flexibility index (Phi) is 3.93. The molecule has 0 radical (unpaired) electrons. The Balaban J connectivity index is 2.35. The number of halogens is 2. The van der Waals surface area contributed by atoms with Crippen LogP contribution >= 0.6 is 38.5 Å². The Morgan fingerprint density at radius 2 is 2.29 bits per heavy atom. The van der Waals surface area contributed by atoms with Crippen molar-refractivity contribution >= 4 is 44.3 Å². The van der Waals surface area contributed by atoms with E-state index < -0.39 is 0 Å². The van der Waals surface area contributed by atoms with Crippen LogP contribution in [0.3, 0.4) is 0 Å². The van der Waals surface area contributed by atoms with Crippen LogP contribution in [0, 0.1) is 3.57 Å². The van der Waals surface area contributed by atoms with Crippen LogP contribution in [0.15, 0.2) is 28.9 Å².